The van der Waals surface area contributed by atoms with E-state index >= 15 is 0 Å². The van der Waals surface area contributed by atoms with Gasteiger partial charge in [-0.1, -0.05) is 6.07 Å². The Balaban J connectivity index is 1.52. The lowest BCUT2D eigenvalue weighted by molar-refractivity contribution is 0.0954. The molecule has 0 aromatic carbocycles. The lowest BCUT2D eigenvalue weighted by Crippen LogP contribution is -2.23. The molecule has 0 fully saturated rings. The summed E-state index contributed by atoms with van der Waals surface area (Å²) in [5, 5.41) is 7.86. The minimum atomic E-state index is -0.171. The highest BCUT2D eigenvalue weighted by Crippen LogP contribution is 2.29. The maximum absolute atomic E-state index is 12.7. The molecule has 0 spiro atoms. The molecule has 0 saturated heterocycles. The molecule has 0 atom stereocenters. The summed E-state index contributed by atoms with van der Waals surface area (Å²) >= 11 is 1.32. The number of furan rings is 1. The molecule has 7 nitrogen and oxygen atoms in total. The fraction of sp³-hybridized carbons (Fsp3) is 0.158. The largest absolute Gasteiger partial charge is 0.459 e. The van der Waals surface area contributed by atoms with Crippen molar-refractivity contribution < 1.29 is 9.21 Å². The molecule has 4 rings (SSSR count). The van der Waals surface area contributed by atoms with Gasteiger partial charge in [-0.25, -0.2) is 14.6 Å². The molecule has 4 aromatic rings. The smallest absolute Gasteiger partial charge is 0.263 e. The van der Waals surface area contributed by atoms with Gasteiger partial charge in [0, 0.05) is 30.7 Å². The predicted octanol–water partition coefficient (Wildman–Crippen LogP) is 3.53. The standard InChI is InChI=1S/C19H17N5O2S/c1-12-6-7-15(26-12)19-23-13(2)16(27-19)18(25)21-11-14-5-3-8-20-17(14)24-10-4-9-22-24/h3-10H,11H2,1-2H3,(H,21,25). The van der Waals surface area contributed by atoms with Crippen molar-refractivity contribution in [3.8, 4) is 16.6 Å². The molecular weight excluding hydrogens is 362 g/mol. The normalized spacial score (nSPS) is 10.9. The zero-order valence-electron chi connectivity index (χ0n) is 14.8. The quantitative estimate of drug-likeness (QED) is 0.573. The number of aryl methyl sites for hydroxylation is 2. The summed E-state index contributed by atoms with van der Waals surface area (Å²) in [5.41, 5.74) is 1.55. The van der Waals surface area contributed by atoms with E-state index in [0.29, 0.717) is 33.7 Å². The van der Waals surface area contributed by atoms with Crippen LogP contribution in [-0.2, 0) is 6.54 Å². The zero-order chi connectivity index (χ0) is 18.8. The van der Waals surface area contributed by atoms with E-state index in [1.807, 2.05) is 50.4 Å². The van der Waals surface area contributed by atoms with Crippen LogP contribution < -0.4 is 5.32 Å². The van der Waals surface area contributed by atoms with Gasteiger partial charge in [0.15, 0.2) is 16.6 Å². The first-order chi connectivity index (χ1) is 13.1. The van der Waals surface area contributed by atoms with E-state index in [9.17, 15) is 4.79 Å². The third kappa shape index (κ3) is 3.52. The topological polar surface area (TPSA) is 85.8 Å². The summed E-state index contributed by atoms with van der Waals surface area (Å²) in [6.45, 7) is 4.04. The van der Waals surface area contributed by atoms with Crippen LogP contribution in [0.25, 0.3) is 16.6 Å². The Morgan fingerprint density at radius 3 is 2.85 bits per heavy atom. The molecule has 0 bridgehead atoms. The summed E-state index contributed by atoms with van der Waals surface area (Å²) in [6.07, 6.45) is 5.21. The lowest BCUT2D eigenvalue weighted by Gasteiger charge is -2.09. The average Bonchev–Trinajstić information content (AvgIpc) is 3.41. The van der Waals surface area contributed by atoms with Crippen molar-refractivity contribution >= 4 is 17.2 Å². The zero-order valence-corrected chi connectivity index (χ0v) is 15.7. The number of carbonyl (C=O) groups excluding carboxylic acids is 1. The summed E-state index contributed by atoms with van der Waals surface area (Å²) in [7, 11) is 0. The summed E-state index contributed by atoms with van der Waals surface area (Å²) in [6, 6.07) is 9.33. The molecule has 4 aromatic heterocycles. The summed E-state index contributed by atoms with van der Waals surface area (Å²) in [4.78, 5) is 22.1. The Morgan fingerprint density at radius 2 is 2.11 bits per heavy atom. The van der Waals surface area contributed by atoms with Crippen molar-refractivity contribution in [2.45, 2.75) is 20.4 Å². The van der Waals surface area contributed by atoms with Crippen LogP contribution in [-0.4, -0.2) is 25.7 Å². The van der Waals surface area contributed by atoms with Crippen molar-refractivity contribution in [3.63, 3.8) is 0 Å². The number of rotatable bonds is 5. The van der Waals surface area contributed by atoms with Crippen molar-refractivity contribution in [1.82, 2.24) is 25.1 Å². The minimum Gasteiger partial charge on any atom is -0.459 e. The lowest BCUT2D eigenvalue weighted by atomic mass is 10.2. The van der Waals surface area contributed by atoms with Gasteiger partial charge in [-0.05, 0) is 38.1 Å². The van der Waals surface area contributed by atoms with Crippen molar-refractivity contribution in [1.29, 1.82) is 0 Å². The molecule has 0 aliphatic rings. The number of nitrogens with zero attached hydrogens (tertiary/aromatic N) is 4. The molecule has 4 heterocycles. The van der Waals surface area contributed by atoms with Gasteiger partial charge in [0.25, 0.3) is 5.91 Å². The monoisotopic (exact) mass is 379 g/mol. The summed E-state index contributed by atoms with van der Waals surface area (Å²) in [5.74, 6) is 2.00. The Bertz CT molecular complexity index is 1080. The van der Waals surface area contributed by atoms with Gasteiger partial charge in [0.2, 0.25) is 0 Å². The van der Waals surface area contributed by atoms with Crippen LogP contribution in [0.1, 0.15) is 26.7 Å². The van der Waals surface area contributed by atoms with E-state index in [-0.39, 0.29) is 5.91 Å². The van der Waals surface area contributed by atoms with Crippen LogP contribution in [0, 0.1) is 13.8 Å². The number of carbonyl (C=O) groups is 1. The number of aromatic nitrogens is 4. The van der Waals surface area contributed by atoms with Crippen molar-refractivity contribution in [3.05, 3.63) is 70.8 Å². The number of pyridine rings is 1. The van der Waals surface area contributed by atoms with Gasteiger partial charge in [-0.3, -0.25) is 4.79 Å². The van der Waals surface area contributed by atoms with E-state index in [1.165, 1.54) is 11.3 Å². The van der Waals surface area contributed by atoms with Gasteiger partial charge in [0.05, 0.1) is 5.69 Å². The van der Waals surface area contributed by atoms with Gasteiger partial charge >= 0.3 is 0 Å². The van der Waals surface area contributed by atoms with Crippen LogP contribution in [0.5, 0.6) is 0 Å². The maximum Gasteiger partial charge on any atom is 0.263 e. The molecule has 0 aliphatic carbocycles. The van der Waals surface area contributed by atoms with E-state index in [1.54, 1.807) is 17.1 Å². The molecule has 0 radical (unpaired) electrons. The van der Waals surface area contributed by atoms with Crippen LogP contribution in [0.15, 0.2) is 53.3 Å². The second kappa shape index (κ2) is 7.16. The van der Waals surface area contributed by atoms with Gasteiger partial charge in [0.1, 0.15) is 10.6 Å². The number of hydrogen-bond acceptors (Lipinski definition) is 6. The van der Waals surface area contributed by atoms with Crippen molar-refractivity contribution in [2.75, 3.05) is 0 Å². The molecule has 8 heteroatoms. The molecule has 136 valence electrons. The third-order valence-electron chi connectivity index (χ3n) is 3.98. The molecule has 1 amide bonds. The average molecular weight is 379 g/mol. The van der Waals surface area contributed by atoms with Crippen LogP contribution >= 0.6 is 11.3 Å². The highest BCUT2D eigenvalue weighted by molar-refractivity contribution is 7.17. The molecular formula is C19H17N5O2S. The molecule has 0 aliphatic heterocycles. The fourth-order valence-corrected chi connectivity index (χ4v) is 3.63. The fourth-order valence-electron chi connectivity index (χ4n) is 2.69. The Kier molecular flexibility index (Phi) is 4.55. The van der Waals surface area contributed by atoms with Gasteiger partial charge in [-0.2, -0.15) is 5.10 Å². The maximum atomic E-state index is 12.7. The molecule has 0 unspecified atom stereocenters. The Morgan fingerprint density at radius 1 is 1.22 bits per heavy atom. The molecule has 27 heavy (non-hydrogen) atoms. The van der Waals surface area contributed by atoms with E-state index < -0.39 is 0 Å². The second-order valence-corrected chi connectivity index (χ2v) is 6.96. The van der Waals surface area contributed by atoms with Crippen LogP contribution in [0.2, 0.25) is 0 Å². The third-order valence-corrected chi connectivity index (χ3v) is 5.15. The SMILES string of the molecule is Cc1ccc(-c2nc(C)c(C(=O)NCc3cccnc3-n3cccn3)s2)o1. The van der Waals surface area contributed by atoms with E-state index in [4.69, 9.17) is 4.42 Å². The Hall–Kier alpha value is -3.26. The number of amides is 1. The van der Waals surface area contributed by atoms with Crippen molar-refractivity contribution in [2.24, 2.45) is 0 Å². The first kappa shape index (κ1) is 17.2. The molecule has 0 saturated carbocycles. The van der Waals surface area contributed by atoms with Crippen LogP contribution in [0.4, 0.5) is 0 Å². The number of hydrogen-bond donors (Lipinski definition) is 1. The first-order valence-electron chi connectivity index (χ1n) is 8.38. The highest BCUT2D eigenvalue weighted by Gasteiger charge is 2.18. The second-order valence-electron chi connectivity index (χ2n) is 5.96. The Labute approximate surface area is 159 Å². The number of nitrogens with one attached hydrogen (secondary N) is 1. The van der Waals surface area contributed by atoms with E-state index in [2.05, 4.69) is 20.4 Å². The predicted molar refractivity (Wildman–Crippen MR) is 102 cm³/mol. The van der Waals surface area contributed by atoms with Crippen LogP contribution in [0.3, 0.4) is 0 Å². The highest BCUT2D eigenvalue weighted by atomic mass is 32.1. The summed E-state index contributed by atoms with van der Waals surface area (Å²) < 4.78 is 7.28. The van der Waals surface area contributed by atoms with E-state index in [0.717, 1.165) is 11.3 Å². The molecule has 1 N–H and O–H groups in total. The van der Waals surface area contributed by atoms with Gasteiger partial charge < -0.3 is 9.73 Å². The first-order valence-corrected chi connectivity index (χ1v) is 9.20. The van der Waals surface area contributed by atoms with Gasteiger partial charge in [-0.15, -0.1) is 11.3 Å². The number of thiazole rings is 1. The minimum absolute atomic E-state index is 0.171.